The molecule has 0 spiro atoms. The summed E-state index contributed by atoms with van der Waals surface area (Å²) in [5.74, 6) is 0.755. The normalized spacial score (nSPS) is 16.4. The van der Waals surface area contributed by atoms with Gasteiger partial charge < -0.3 is 9.73 Å². The third-order valence-electron chi connectivity index (χ3n) is 4.51. The molecule has 23 heavy (non-hydrogen) atoms. The highest BCUT2D eigenvalue weighted by Crippen LogP contribution is 2.18. The fourth-order valence-corrected chi connectivity index (χ4v) is 2.99. The Morgan fingerprint density at radius 1 is 1.26 bits per heavy atom. The van der Waals surface area contributed by atoms with E-state index in [9.17, 15) is 4.79 Å². The minimum atomic E-state index is -0.103. The lowest BCUT2D eigenvalue weighted by Crippen LogP contribution is -2.32. The molecule has 1 fully saturated rings. The molecule has 1 N–H and O–H groups in total. The zero-order chi connectivity index (χ0) is 16.1. The molecule has 1 aliphatic rings. The summed E-state index contributed by atoms with van der Waals surface area (Å²) in [4.78, 5) is 14.4. The number of benzene rings is 1. The van der Waals surface area contributed by atoms with Crippen LogP contribution in [0.5, 0.6) is 0 Å². The van der Waals surface area contributed by atoms with Crippen molar-refractivity contribution in [2.75, 3.05) is 13.1 Å². The van der Waals surface area contributed by atoms with Gasteiger partial charge in [0, 0.05) is 13.1 Å². The van der Waals surface area contributed by atoms with Crippen LogP contribution in [0.3, 0.4) is 0 Å². The van der Waals surface area contributed by atoms with Crippen LogP contribution < -0.4 is 5.32 Å². The summed E-state index contributed by atoms with van der Waals surface area (Å²) in [7, 11) is 0. The van der Waals surface area contributed by atoms with Crippen molar-refractivity contribution in [3.63, 3.8) is 0 Å². The standard InChI is InChI=1S/C19H24N2O2/c1-15-5-8-21(9-6-15)13-17-4-2-3-16(11-17)12-20-19(22)18-7-10-23-14-18/h2-4,7,10-11,14-15H,5-6,8-9,12-13H2,1H3,(H,20,22). The third-order valence-corrected chi connectivity index (χ3v) is 4.51. The molecule has 2 aromatic rings. The monoisotopic (exact) mass is 312 g/mol. The van der Waals surface area contributed by atoms with Gasteiger partial charge in [-0.25, -0.2) is 0 Å². The van der Waals surface area contributed by atoms with E-state index in [1.54, 1.807) is 6.07 Å². The van der Waals surface area contributed by atoms with E-state index in [2.05, 4.69) is 41.4 Å². The second-order valence-electron chi connectivity index (χ2n) is 6.47. The molecule has 0 unspecified atom stereocenters. The zero-order valence-electron chi connectivity index (χ0n) is 13.6. The second kappa shape index (κ2) is 7.47. The molecule has 4 nitrogen and oxygen atoms in total. The van der Waals surface area contributed by atoms with Crippen LogP contribution in [0.25, 0.3) is 0 Å². The SMILES string of the molecule is CC1CCN(Cc2cccc(CNC(=O)c3ccoc3)c2)CC1. The molecule has 0 aliphatic carbocycles. The quantitative estimate of drug-likeness (QED) is 0.920. The largest absolute Gasteiger partial charge is 0.472 e. The molecule has 0 radical (unpaired) electrons. The number of nitrogens with one attached hydrogen (secondary N) is 1. The Balaban J connectivity index is 1.54. The first-order valence-electron chi connectivity index (χ1n) is 8.31. The Morgan fingerprint density at radius 3 is 2.78 bits per heavy atom. The Hall–Kier alpha value is -2.07. The molecule has 1 amide bonds. The predicted molar refractivity (Wildman–Crippen MR) is 90.0 cm³/mol. The number of carbonyl (C=O) groups excluding carboxylic acids is 1. The number of rotatable bonds is 5. The summed E-state index contributed by atoms with van der Waals surface area (Å²) >= 11 is 0. The molecule has 4 heteroatoms. The molecule has 0 atom stereocenters. The van der Waals surface area contributed by atoms with Crippen LogP contribution in [0, 0.1) is 5.92 Å². The molecule has 122 valence electrons. The summed E-state index contributed by atoms with van der Waals surface area (Å²) in [5, 5.41) is 2.93. The average Bonchev–Trinajstić information content (AvgIpc) is 3.10. The Kier molecular flexibility index (Phi) is 5.13. The number of hydrogen-bond acceptors (Lipinski definition) is 3. The molecule has 1 saturated heterocycles. The van der Waals surface area contributed by atoms with E-state index >= 15 is 0 Å². The van der Waals surface area contributed by atoms with Crippen LogP contribution in [0.2, 0.25) is 0 Å². The summed E-state index contributed by atoms with van der Waals surface area (Å²) in [6.45, 7) is 6.23. The molecular weight excluding hydrogens is 288 g/mol. The van der Waals surface area contributed by atoms with Crippen molar-refractivity contribution in [1.29, 1.82) is 0 Å². The highest BCUT2D eigenvalue weighted by molar-refractivity contribution is 5.93. The minimum Gasteiger partial charge on any atom is -0.472 e. The number of likely N-dealkylation sites (tertiary alicyclic amines) is 1. The molecule has 2 heterocycles. The molecule has 0 bridgehead atoms. The molecule has 3 rings (SSSR count). The van der Waals surface area contributed by atoms with E-state index in [0.29, 0.717) is 12.1 Å². The van der Waals surface area contributed by atoms with E-state index in [1.807, 2.05) is 0 Å². The number of hydrogen-bond donors (Lipinski definition) is 1. The molecule has 1 aliphatic heterocycles. The van der Waals surface area contributed by atoms with Crippen molar-refractivity contribution < 1.29 is 9.21 Å². The first-order valence-corrected chi connectivity index (χ1v) is 8.31. The van der Waals surface area contributed by atoms with Gasteiger partial charge in [-0.3, -0.25) is 9.69 Å². The summed E-state index contributed by atoms with van der Waals surface area (Å²) in [6, 6.07) is 10.1. The van der Waals surface area contributed by atoms with Gasteiger partial charge in [-0.1, -0.05) is 31.2 Å². The predicted octanol–water partition coefficient (Wildman–Crippen LogP) is 3.44. The van der Waals surface area contributed by atoms with Gasteiger partial charge in [0.2, 0.25) is 0 Å². The van der Waals surface area contributed by atoms with Crippen molar-refractivity contribution in [1.82, 2.24) is 10.2 Å². The number of carbonyl (C=O) groups is 1. The van der Waals surface area contributed by atoms with Crippen LogP contribution >= 0.6 is 0 Å². The van der Waals surface area contributed by atoms with Gasteiger partial charge in [0.15, 0.2) is 0 Å². The molecule has 1 aromatic heterocycles. The minimum absolute atomic E-state index is 0.103. The summed E-state index contributed by atoms with van der Waals surface area (Å²) in [6.07, 6.45) is 5.55. The second-order valence-corrected chi connectivity index (χ2v) is 6.47. The smallest absolute Gasteiger partial charge is 0.254 e. The maximum atomic E-state index is 11.9. The topological polar surface area (TPSA) is 45.5 Å². The number of amides is 1. The van der Waals surface area contributed by atoms with Gasteiger partial charge in [-0.2, -0.15) is 0 Å². The Morgan fingerprint density at radius 2 is 2.04 bits per heavy atom. The van der Waals surface area contributed by atoms with Gasteiger partial charge >= 0.3 is 0 Å². The molecular formula is C19H24N2O2. The van der Waals surface area contributed by atoms with Crippen LogP contribution in [-0.4, -0.2) is 23.9 Å². The zero-order valence-corrected chi connectivity index (χ0v) is 13.6. The van der Waals surface area contributed by atoms with E-state index in [0.717, 1.165) is 18.0 Å². The van der Waals surface area contributed by atoms with Crippen molar-refractivity contribution in [3.8, 4) is 0 Å². The average molecular weight is 312 g/mol. The lowest BCUT2D eigenvalue weighted by atomic mass is 9.98. The number of piperidine rings is 1. The molecule has 0 saturated carbocycles. The van der Waals surface area contributed by atoms with Crippen LogP contribution in [0.1, 0.15) is 41.3 Å². The number of nitrogens with zero attached hydrogens (tertiary/aromatic N) is 1. The van der Waals surface area contributed by atoms with Crippen LogP contribution in [0.4, 0.5) is 0 Å². The van der Waals surface area contributed by atoms with Crippen molar-refractivity contribution >= 4 is 5.91 Å². The maximum absolute atomic E-state index is 11.9. The lowest BCUT2D eigenvalue weighted by Gasteiger charge is -2.30. The van der Waals surface area contributed by atoms with E-state index in [4.69, 9.17) is 4.42 Å². The van der Waals surface area contributed by atoms with Crippen molar-refractivity contribution in [3.05, 3.63) is 59.5 Å². The lowest BCUT2D eigenvalue weighted by molar-refractivity contribution is 0.0950. The third kappa shape index (κ3) is 4.45. The first kappa shape index (κ1) is 15.8. The maximum Gasteiger partial charge on any atom is 0.254 e. The van der Waals surface area contributed by atoms with Gasteiger partial charge in [0.25, 0.3) is 5.91 Å². The van der Waals surface area contributed by atoms with E-state index < -0.39 is 0 Å². The van der Waals surface area contributed by atoms with E-state index in [-0.39, 0.29) is 5.91 Å². The fourth-order valence-electron chi connectivity index (χ4n) is 2.99. The Bertz CT molecular complexity index is 629. The van der Waals surface area contributed by atoms with Crippen LogP contribution in [-0.2, 0) is 13.1 Å². The highest BCUT2D eigenvalue weighted by atomic mass is 16.3. The first-order chi connectivity index (χ1) is 11.2. The van der Waals surface area contributed by atoms with Gasteiger partial charge in [0.1, 0.15) is 6.26 Å². The van der Waals surface area contributed by atoms with Crippen molar-refractivity contribution in [2.45, 2.75) is 32.9 Å². The number of furan rings is 1. The fraction of sp³-hybridized carbons (Fsp3) is 0.421. The van der Waals surface area contributed by atoms with Gasteiger partial charge in [0.05, 0.1) is 11.8 Å². The molecule has 1 aromatic carbocycles. The van der Waals surface area contributed by atoms with Crippen molar-refractivity contribution in [2.24, 2.45) is 5.92 Å². The summed E-state index contributed by atoms with van der Waals surface area (Å²) < 4.78 is 4.93. The Labute approximate surface area is 137 Å². The van der Waals surface area contributed by atoms with Gasteiger partial charge in [-0.15, -0.1) is 0 Å². The van der Waals surface area contributed by atoms with Crippen LogP contribution in [0.15, 0.2) is 47.3 Å². The van der Waals surface area contributed by atoms with E-state index in [1.165, 1.54) is 44.0 Å². The van der Waals surface area contributed by atoms with Gasteiger partial charge in [-0.05, 0) is 49.0 Å². The highest BCUT2D eigenvalue weighted by Gasteiger charge is 2.15. The summed E-state index contributed by atoms with van der Waals surface area (Å²) in [5.41, 5.74) is 3.00.